The van der Waals surface area contributed by atoms with Crippen LogP contribution in [-0.4, -0.2) is 31.1 Å². The van der Waals surface area contributed by atoms with Crippen LogP contribution < -0.4 is 5.32 Å². The second-order valence-corrected chi connectivity index (χ2v) is 6.54. The van der Waals surface area contributed by atoms with Crippen molar-refractivity contribution in [1.82, 2.24) is 10.2 Å². The Morgan fingerprint density at radius 2 is 2.53 bits per heavy atom. The zero-order chi connectivity index (χ0) is 10.7. The van der Waals surface area contributed by atoms with Gasteiger partial charge in [0.1, 0.15) is 0 Å². The number of likely N-dealkylation sites (N-methyl/N-ethyl adjacent to an activating group) is 1. The van der Waals surface area contributed by atoms with Crippen molar-refractivity contribution < 1.29 is 0 Å². The van der Waals surface area contributed by atoms with Gasteiger partial charge in [0.25, 0.3) is 0 Å². The van der Waals surface area contributed by atoms with Crippen LogP contribution in [0.2, 0.25) is 0 Å². The minimum Gasteiger partial charge on any atom is -0.313 e. The van der Waals surface area contributed by atoms with E-state index in [4.69, 9.17) is 0 Å². The van der Waals surface area contributed by atoms with E-state index in [-0.39, 0.29) is 0 Å². The summed E-state index contributed by atoms with van der Waals surface area (Å²) in [5.41, 5.74) is 1.41. The summed E-state index contributed by atoms with van der Waals surface area (Å²) >= 11 is 5.26. The fourth-order valence-corrected chi connectivity index (χ4v) is 3.29. The first-order valence-electron chi connectivity index (χ1n) is 5.39. The highest BCUT2D eigenvalue weighted by molar-refractivity contribution is 9.11. The van der Waals surface area contributed by atoms with Gasteiger partial charge in [-0.1, -0.05) is 0 Å². The summed E-state index contributed by atoms with van der Waals surface area (Å²) in [6.07, 6.45) is 2.67. The molecule has 1 unspecified atom stereocenters. The van der Waals surface area contributed by atoms with Crippen LogP contribution in [0.15, 0.2) is 15.2 Å². The molecule has 84 valence electrons. The lowest BCUT2D eigenvalue weighted by Gasteiger charge is -2.20. The van der Waals surface area contributed by atoms with Crippen LogP contribution in [-0.2, 0) is 6.54 Å². The van der Waals surface area contributed by atoms with E-state index in [1.165, 1.54) is 28.7 Å². The van der Waals surface area contributed by atoms with E-state index < -0.39 is 0 Å². The van der Waals surface area contributed by atoms with Gasteiger partial charge in [-0.05, 0) is 59.4 Å². The maximum atomic E-state index is 3.53. The van der Waals surface area contributed by atoms with Crippen molar-refractivity contribution in [2.75, 3.05) is 20.1 Å². The molecule has 2 rings (SSSR count). The van der Waals surface area contributed by atoms with Gasteiger partial charge < -0.3 is 10.2 Å². The van der Waals surface area contributed by atoms with E-state index in [0.29, 0.717) is 6.04 Å². The normalized spacial score (nSPS) is 21.4. The van der Waals surface area contributed by atoms with Crippen LogP contribution in [0.5, 0.6) is 0 Å². The topological polar surface area (TPSA) is 15.3 Å². The largest absolute Gasteiger partial charge is 0.313 e. The third-order valence-electron chi connectivity index (χ3n) is 2.77. The molecule has 2 heterocycles. The maximum absolute atomic E-state index is 3.53. The van der Waals surface area contributed by atoms with E-state index in [2.05, 4.69) is 44.6 Å². The summed E-state index contributed by atoms with van der Waals surface area (Å²) in [7, 11) is 2.20. The zero-order valence-corrected chi connectivity index (χ0v) is 11.4. The Bertz CT molecular complexity index is 307. The zero-order valence-electron chi connectivity index (χ0n) is 9.00. The summed E-state index contributed by atoms with van der Waals surface area (Å²) in [5.74, 6) is 0. The Hall–Kier alpha value is 0.1000. The van der Waals surface area contributed by atoms with Crippen LogP contribution in [0.25, 0.3) is 0 Å². The lowest BCUT2D eigenvalue weighted by Crippen LogP contribution is -2.34. The molecule has 1 atom stereocenters. The number of thiophene rings is 1. The van der Waals surface area contributed by atoms with Crippen LogP contribution in [0.4, 0.5) is 0 Å². The molecule has 2 nitrogen and oxygen atoms in total. The Labute approximate surface area is 104 Å². The van der Waals surface area contributed by atoms with Gasteiger partial charge in [0, 0.05) is 19.1 Å². The van der Waals surface area contributed by atoms with E-state index in [1.54, 1.807) is 11.3 Å². The van der Waals surface area contributed by atoms with Gasteiger partial charge in [-0.15, -0.1) is 11.3 Å². The molecule has 0 spiro atoms. The molecule has 0 saturated carbocycles. The second kappa shape index (κ2) is 5.43. The summed E-state index contributed by atoms with van der Waals surface area (Å²) in [6.45, 7) is 3.41. The van der Waals surface area contributed by atoms with Crippen LogP contribution in [0.1, 0.15) is 18.4 Å². The number of nitrogens with one attached hydrogen (secondary N) is 1. The third-order valence-corrected chi connectivity index (χ3v) is 4.32. The van der Waals surface area contributed by atoms with Crippen LogP contribution in [0.3, 0.4) is 0 Å². The Morgan fingerprint density at radius 1 is 1.67 bits per heavy atom. The quantitative estimate of drug-likeness (QED) is 0.917. The lowest BCUT2D eigenvalue weighted by molar-refractivity contribution is 0.293. The Balaban J connectivity index is 1.78. The van der Waals surface area contributed by atoms with E-state index >= 15 is 0 Å². The van der Waals surface area contributed by atoms with Gasteiger partial charge in [0.2, 0.25) is 0 Å². The first-order valence-corrected chi connectivity index (χ1v) is 7.06. The van der Waals surface area contributed by atoms with Gasteiger partial charge in [-0.2, -0.15) is 0 Å². The minimum absolute atomic E-state index is 0.706. The van der Waals surface area contributed by atoms with E-state index in [9.17, 15) is 0 Å². The fourth-order valence-electron chi connectivity index (χ4n) is 2.09. The third kappa shape index (κ3) is 3.55. The first kappa shape index (κ1) is 11.6. The standard InChI is InChI=1S/C11H17BrN2S/c1-14(7-10-3-2-4-13-10)6-9-5-11(12)15-8-9/h5,8,10,13H,2-4,6-7H2,1H3. The summed E-state index contributed by atoms with van der Waals surface area (Å²) in [4.78, 5) is 2.40. The summed E-state index contributed by atoms with van der Waals surface area (Å²) in [5, 5.41) is 5.76. The predicted molar refractivity (Wildman–Crippen MR) is 69.4 cm³/mol. The molecule has 1 N–H and O–H groups in total. The van der Waals surface area contributed by atoms with E-state index in [1.807, 2.05) is 0 Å². The molecule has 0 amide bonds. The smallest absolute Gasteiger partial charge is 0.0701 e. The summed E-state index contributed by atoms with van der Waals surface area (Å²) in [6, 6.07) is 2.92. The highest BCUT2D eigenvalue weighted by atomic mass is 79.9. The van der Waals surface area contributed by atoms with Crippen molar-refractivity contribution in [1.29, 1.82) is 0 Å². The van der Waals surface area contributed by atoms with Crippen molar-refractivity contribution in [3.05, 3.63) is 20.8 Å². The average molecular weight is 289 g/mol. The number of hydrogen-bond donors (Lipinski definition) is 1. The van der Waals surface area contributed by atoms with Crippen LogP contribution >= 0.6 is 27.3 Å². The highest BCUT2D eigenvalue weighted by Crippen LogP contribution is 2.21. The number of nitrogens with zero attached hydrogens (tertiary/aromatic N) is 1. The number of halogens is 1. The lowest BCUT2D eigenvalue weighted by atomic mass is 10.2. The molecule has 0 aromatic carbocycles. The molecule has 1 aliphatic rings. The van der Waals surface area contributed by atoms with E-state index in [0.717, 1.165) is 13.1 Å². The van der Waals surface area contributed by atoms with Crippen molar-refractivity contribution in [2.45, 2.75) is 25.4 Å². The first-order chi connectivity index (χ1) is 7.24. The molecule has 0 aliphatic carbocycles. The number of rotatable bonds is 4. The van der Waals surface area contributed by atoms with Gasteiger partial charge in [-0.25, -0.2) is 0 Å². The minimum atomic E-state index is 0.706. The molecule has 15 heavy (non-hydrogen) atoms. The maximum Gasteiger partial charge on any atom is 0.0701 e. The van der Waals surface area contributed by atoms with Crippen molar-refractivity contribution in [3.8, 4) is 0 Å². The molecule has 0 radical (unpaired) electrons. The van der Waals surface area contributed by atoms with Gasteiger partial charge in [-0.3, -0.25) is 0 Å². The Morgan fingerprint density at radius 3 is 3.13 bits per heavy atom. The molecule has 1 aromatic heterocycles. The molecule has 1 saturated heterocycles. The van der Waals surface area contributed by atoms with Crippen LogP contribution in [0, 0.1) is 0 Å². The molecule has 1 aromatic rings. The molecule has 0 bridgehead atoms. The van der Waals surface area contributed by atoms with Gasteiger partial charge in [0.05, 0.1) is 3.79 Å². The fraction of sp³-hybridized carbons (Fsp3) is 0.636. The number of hydrogen-bond acceptors (Lipinski definition) is 3. The van der Waals surface area contributed by atoms with Gasteiger partial charge in [0.15, 0.2) is 0 Å². The van der Waals surface area contributed by atoms with Crippen molar-refractivity contribution in [3.63, 3.8) is 0 Å². The monoisotopic (exact) mass is 288 g/mol. The van der Waals surface area contributed by atoms with Crippen molar-refractivity contribution >= 4 is 27.3 Å². The SMILES string of the molecule is CN(Cc1csc(Br)c1)CC1CCCN1. The average Bonchev–Trinajstić information content (AvgIpc) is 2.77. The second-order valence-electron chi connectivity index (χ2n) is 4.25. The molecular weight excluding hydrogens is 272 g/mol. The molecular formula is C11H17BrN2S. The highest BCUT2D eigenvalue weighted by Gasteiger charge is 2.15. The van der Waals surface area contributed by atoms with Gasteiger partial charge >= 0.3 is 0 Å². The predicted octanol–water partition coefficient (Wildman–Crippen LogP) is 2.69. The molecule has 4 heteroatoms. The molecule has 1 aliphatic heterocycles. The van der Waals surface area contributed by atoms with Crippen molar-refractivity contribution in [2.24, 2.45) is 0 Å². The summed E-state index contributed by atoms with van der Waals surface area (Å²) < 4.78 is 1.23. The molecule has 1 fully saturated rings. The Kier molecular flexibility index (Phi) is 4.20.